The van der Waals surface area contributed by atoms with Crippen molar-refractivity contribution in [3.8, 4) is 0 Å². The van der Waals surface area contributed by atoms with Gasteiger partial charge in [-0.3, -0.25) is 9.59 Å². The van der Waals surface area contributed by atoms with Crippen LogP contribution in [-0.2, 0) is 9.59 Å². The first-order valence-corrected chi connectivity index (χ1v) is 13.6. The van der Waals surface area contributed by atoms with Gasteiger partial charge in [0.2, 0.25) is 11.8 Å². The molecular formula is C22H21N5O2S4. The molecule has 0 bridgehead atoms. The Morgan fingerprint density at radius 2 is 1.58 bits per heavy atom. The smallest absolute Gasteiger partial charge is 0.234 e. The van der Waals surface area contributed by atoms with Crippen molar-refractivity contribution in [3.05, 3.63) is 52.5 Å². The number of thioether (sulfide) groups is 2. The molecule has 0 aliphatic rings. The third-order valence-corrected chi connectivity index (χ3v) is 8.69. The highest BCUT2D eigenvalue weighted by molar-refractivity contribution is 8.02. The number of thiazole rings is 1. The first kappa shape index (κ1) is 23.7. The van der Waals surface area contributed by atoms with Crippen molar-refractivity contribution in [1.29, 1.82) is 0 Å². The standard InChI is InChI=1S/C22H21N5O2S4/c1-12-5-4-6-13(2)20(12)25-19(29)11-30-21-24-16-8-7-15(9-17(16)33-21)23-18(28)10-31-22-27-26-14(3)32-22/h4-9H,10-11H2,1-3H3,(H,23,28)(H,25,29). The fraction of sp³-hybridized carbons (Fsp3) is 0.227. The molecule has 2 N–H and O–H groups in total. The Hall–Kier alpha value is -2.47. The second-order valence-electron chi connectivity index (χ2n) is 7.19. The molecule has 0 unspecified atom stereocenters. The number of amides is 2. The number of benzene rings is 2. The van der Waals surface area contributed by atoms with Gasteiger partial charge in [-0.25, -0.2) is 4.98 Å². The second kappa shape index (κ2) is 10.6. The molecule has 33 heavy (non-hydrogen) atoms. The van der Waals surface area contributed by atoms with Gasteiger partial charge in [0.05, 0.1) is 21.7 Å². The van der Waals surface area contributed by atoms with Crippen LogP contribution in [0.1, 0.15) is 16.1 Å². The average molecular weight is 516 g/mol. The molecule has 0 atom stereocenters. The lowest BCUT2D eigenvalue weighted by molar-refractivity contribution is -0.114. The van der Waals surface area contributed by atoms with Crippen molar-refractivity contribution in [2.45, 2.75) is 29.5 Å². The summed E-state index contributed by atoms with van der Waals surface area (Å²) in [6.07, 6.45) is 0. The summed E-state index contributed by atoms with van der Waals surface area (Å²) in [5.41, 5.74) is 4.51. The first-order valence-electron chi connectivity index (χ1n) is 9.99. The van der Waals surface area contributed by atoms with Crippen molar-refractivity contribution >= 4 is 79.6 Å². The van der Waals surface area contributed by atoms with E-state index >= 15 is 0 Å². The van der Waals surface area contributed by atoms with Gasteiger partial charge < -0.3 is 10.6 Å². The van der Waals surface area contributed by atoms with E-state index in [2.05, 4.69) is 25.8 Å². The molecule has 2 heterocycles. The van der Waals surface area contributed by atoms with Gasteiger partial charge in [0.25, 0.3) is 0 Å². The summed E-state index contributed by atoms with van der Waals surface area (Å²) >= 11 is 5.75. The van der Waals surface area contributed by atoms with Crippen molar-refractivity contribution in [3.63, 3.8) is 0 Å². The summed E-state index contributed by atoms with van der Waals surface area (Å²) in [5, 5.41) is 14.8. The third kappa shape index (κ3) is 6.32. The minimum atomic E-state index is -0.102. The minimum Gasteiger partial charge on any atom is -0.325 e. The molecule has 4 rings (SSSR count). The Balaban J connectivity index is 1.32. The van der Waals surface area contributed by atoms with Gasteiger partial charge in [0, 0.05) is 11.4 Å². The van der Waals surface area contributed by atoms with E-state index in [1.165, 1.54) is 46.2 Å². The lowest BCUT2D eigenvalue weighted by Crippen LogP contribution is -2.15. The fourth-order valence-corrected chi connectivity index (χ4v) is 6.54. The molecule has 0 radical (unpaired) electrons. The van der Waals surface area contributed by atoms with E-state index in [4.69, 9.17) is 0 Å². The van der Waals surface area contributed by atoms with Crippen LogP contribution < -0.4 is 10.6 Å². The molecule has 2 aromatic heterocycles. The molecular weight excluding hydrogens is 495 g/mol. The molecule has 170 valence electrons. The van der Waals surface area contributed by atoms with Crippen molar-refractivity contribution in [2.75, 3.05) is 22.1 Å². The van der Waals surface area contributed by atoms with Crippen LogP contribution in [0, 0.1) is 20.8 Å². The maximum Gasteiger partial charge on any atom is 0.234 e. The van der Waals surface area contributed by atoms with E-state index in [1.807, 2.05) is 57.2 Å². The number of para-hydroxylation sites is 1. The van der Waals surface area contributed by atoms with Gasteiger partial charge in [-0.1, -0.05) is 53.1 Å². The number of hydrogen-bond donors (Lipinski definition) is 2. The number of aryl methyl sites for hydroxylation is 3. The van der Waals surface area contributed by atoms with Gasteiger partial charge >= 0.3 is 0 Å². The van der Waals surface area contributed by atoms with Crippen LogP contribution in [0.25, 0.3) is 10.2 Å². The Morgan fingerprint density at radius 1 is 0.879 bits per heavy atom. The number of nitrogens with one attached hydrogen (secondary N) is 2. The molecule has 0 spiro atoms. The zero-order valence-corrected chi connectivity index (χ0v) is 21.4. The Labute approximate surface area is 207 Å². The quantitative estimate of drug-likeness (QED) is 0.298. The molecule has 0 aliphatic heterocycles. The van der Waals surface area contributed by atoms with Crippen LogP contribution >= 0.6 is 46.2 Å². The van der Waals surface area contributed by atoms with Gasteiger partial charge in [0.15, 0.2) is 8.68 Å². The topological polar surface area (TPSA) is 96.9 Å². The maximum atomic E-state index is 12.4. The number of carbonyl (C=O) groups excluding carboxylic acids is 2. The van der Waals surface area contributed by atoms with Crippen LogP contribution in [0.5, 0.6) is 0 Å². The van der Waals surface area contributed by atoms with Crippen LogP contribution in [0.4, 0.5) is 11.4 Å². The summed E-state index contributed by atoms with van der Waals surface area (Å²) < 4.78 is 2.55. The zero-order valence-electron chi connectivity index (χ0n) is 18.2. The lowest BCUT2D eigenvalue weighted by Gasteiger charge is -2.10. The third-order valence-electron chi connectivity index (χ3n) is 4.56. The molecule has 2 amide bonds. The number of rotatable bonds is 8. The fourth-order valence-electron chi connectivity index (χ4n) is 3.02. The van der Waals surface area contributed by atoms with Crippen molar-refractivity contribution < 1.29 is 9.59 Å². The van der Waals surface area contributed by atoms with E-state index in [9.17, 15) is 9.59 Å². The van der Waals surface area contributed by atoms with Crippen molar-refractivity contribution in [1.82, 2.24) is 15.2 Å². The largest absolute Gasteiger partial charge is 0.325 e. The Morgan fingerprint density at radius 3 is 2.27 bits per heavy atom. The molecule has 0 saturated carbocycles. The Kier molecular flexibility index (Phi) is 7.63. The summed E-state index contributed by atoms with van der Waals surface area (Å²) in [6, 6.07) is 11.6. The molecule has 2 aromatic carbocycles. The van der Waals surface area contributed by atoms with E-state index < -0.39 is 0 Å². The number of nitrogens with zero attached hydrogens (tertiary/aromatic N) is 3. The van der Waals surface area contributed by atoms with Crippen LogP contribution in [0.2, 0.25) is 0 Å². The highest BCUT2D eigenvalue weighted by atomic mass is 32.2. The number of hydrogen-bond acceptors (Lipinski definition) is 9. The van der Waals surface area contributed by atoms with Crippen LogP contribution in [0.3, 0.4) is 0 Å². The number of fused-ring (bicyclic) bond motifs is 1. The highest BCUT2D eigenvalue weighted by Gasteiger charge is 2.12. The average Bonchev–Trinajstić information content (AvgIpc) is 3.38. The summed E-state index contributed by atoms with van der Waals surface area (Å²) in [4.78, 5) is 29.3. The van der Waals surface area contributed by atoms with E-state index in [0.29, 0.717) is 0 Å². The molecule has 0 saturated heterocycles. The number of carbonyl (C=O) groups is 2. The molecule has 7 nitrogen and oxygen atoms in total. The van der Waals surface area contributed by atoms with Gasteiger partial charge in [-0.2, -0.15) is 0 Å². The normalized spacial score (nSPS) is 11.0. The van der Waals surface area contributed by atoms with Gasteiger partial charge in [0.1, 0.15) is 5.01 Å². The molecule has 11 heteroatoms. The summed E-state index contributed by atoms with van der Waals surface area (Å²) in [5.74, 6) is 0.382. The van der Waals surface area contributed by atoms with Crippen LogP contribution in [-0.4, -0.2) is 38.5 Å². The SMILES string of the molecule is Cc1nnc(SCC(=O)Nc2ccc3nc(SCC(=O)Nc4c(C)cccc4C)sc3c2)s1. The monoisotopic (exact) mass is 515 g/mol. The van der Waals surface area contributed by atoms with Gasteiger partial charge in [-0.15, -0.1) is 21.5 Å². The molecule has 4 aromatic rings. The van der Waals surface area contributed by atoms with E-state index in [-0.39, 0.29) is 23.3 Å². The molecule has 0 fully saturated rings. The van der Waals surface area contributed by atoms with E-state index in [0.717, 1.165) is 46.4 Å². The van der Waals surface area contributed by atoms with Gasteiger partial charge in [-0.05, 0) is 50.1 Å². The number of aromatic nitrogens is 3. The lowest BCUT2D eigenvalue weighted by atomic mass is 10.1. The first-order chi connectivity index (χ1) is 15.9. The second-order valence-corrected chi connectivity index (χ2v) is 11.8. The minimum absolute atomic E-state index is 0.0623. The predicted molar refractivity (Wildman–Crippen MR) is 139 cm³/mol. The maximum absolute atomic E-state index is 12.4. The van der Waals surface area contributed by atoms with E-state index in [1.54, 1.807) is 0 Å². The van der Waals surface area contributed by atoms with Crippen LogP contribution in [0.15, 0.2) is 45.1 Å². The molecule has 0 aliphatic carbocycles. The predicted octanol–water partition coefficient (Wildman–Crippen LogP) is 5.53. The summed E-state index contributed by atoms with van der Waals surface area (Å²) in [7, 11) is 0. The number of anilines is 2. The summed E-state index contributed by atoms with van der Waals surface area (Å²) in [6.45, 7) is 5.85. The highest BCUT2D eigenvalue weighted by Crippen LogP contribution is 2.32. The zero-order chi connectivity index (χ0) is 23.4. The Bertz CT molecular complexity index is 1300. The van der Waals surface area contributed by atoms with Crippen molar-refractivity contribution in [2.24, 2.45) is 0 Å².